The summed E-state index contributed by atoms with van der Waals surface area (Å²) in [5.41, 5.74) is 5.38. The SMILES string of the molecule is COc1cc(C(=O)NNC(=O)c2csc(Br)c2)cc(OC)c1OC. The lowest BCUT2D eigenvalue weighted by atomic mass is 10.1. The molecule has 1 aromatic carbocycles. The Morgan fingerprint density at radius 2 is 1.46 bits per heavy atom. The average molecular weight is 415 g/mol. The molecule has 7 nitrogen and oxygen atoms in total. The maximum Gasteiger partial charge on any atom is 0.270 e. The second-order valence-electron chi connectivity index (χ2n) is 4.46. The first-order chi connectivity index (χ1) is 11.5. The Kier molecular flexibility index (Phi) is 6.04. The van der Waals surface area contributed by atoms with Gasteiger partial charge in [-0.25, -0.2) is 0 Å². The number of thiophene rings is 1. The van der Waals surface area contributed by atoms with Gasteiger partial charge in [0, 0.05) is 10.9 Å². The molecule has 0 aliphatic heterocycles. The minimum absolute atomic E-state index is 0.247. The van der Waals surface area contributed by atoms with Crippen LogP contribution >= 0.6 is 27.3 Å². The van der Waals surface area contributed by atoms with E-state index >= 15 is 0 Å². The van der Waals surface area contributed by atoms with Crippen molar-refractivity contribution in [1.82, 2.24) is 10.9 Å². The fraction of sp³-hybridized carbons (Fsp3) is 0.200. The van der Waals surface area contributed by atoms with Crippen LogP contribution < -0.4 is 25.1 Å². The van der Waals surface area contributed by atoms with Crippen molar-refractivity contribution in [1.29, 1.82) is 0 Å². The van der Waals surface area contributed by atoms with E-state index in [9.17, 15) is 9.59 Å². The molecule has 0 spiro atoms. The third kappa shape index (κ3) is 3.98. The smallest absolute Gasteiger partial charge is 0.270 e. The van der Waals surface area contributed by atoms with Gasteiger partial charge in [-0.3, -0.25) is 20.4 Å². The van der Waals surface area contributed by atoms with E-state index < -0.39 is 11.8 Å². The predicted octanol–water partition coefficient (Wildman–Crippen LogP) is 2.61. The number of amides is 2. The minimum atomic E-state index is -0.517. The highest BCUT2D eigenvalue weighted by molar-refractivity contribution is 9.11. The van der Waals surface area contributed by atoms with Crippen molar-refractivity contribution in [3.05, 3.63) is 38.5 Å². The van der Waals surface area contributed by atoms with Crippen LogP contribution in [0.1, 0.15) is 20.7 Å². The van der Waals surface area contributed by atoms with Crippen LogP contribution in [0.5, 0.6) is 17.2 Å². The summed E-state index contributed by atoms with van der Waals surface area (Å²) in [6, 6.07) is 4.64. The predicted molar refractivity (Wildman–Crippen MR) is 93.0 cm³/mol. The Hall–Kier alpha value is -2.26. The molecule has 0 aliphatic rings. The molecule has 1 heterocycles. The van der Waals surface area contributed by atoms with Crippen molar-refractivity contribution >= 4 is 39.1 Å². The number of rotatable bonds is 5. The summed E-state index contributed by atoms with van der Waals surface area (Å²) in [6.45, 7) is 0. The van der Waals surface area contributed by atoms with Crippen molar-refractivity contribution in [3.63, 3.8) is 0 Å². The van der Waals surface area contributed by atoms with Crippen molar-refractivity contribution in [2.24, 2.45) is 0 Å². The Bertz CT molecular complexity index is 737. The number of carbonyl (C=O) groups excluding carboxylic acids is 2. The lowest BCUT2D eigenvalue weighted by Gasteiger charge is -2.14. The number of benzene rings is 1. The number of ether oxygens (including phenoxy) is 3. The van der Waals surface area contributed by atoms with Gasteiger partial charge in [0.1, 0.15) is 0 Å². The third-order valence-corrected chi connectivity index (χ3v) is 4.55. The number of hydrogen-bond acceptors (Lipinski definition) is 6. The molecule has 2 aromatic rings. The molecule has 0 saturated heterocycles. The van der Waals surface area contributed by atoms with E-state index in [1.165, 1.54) is 44.8 Å². The topological polar surface area (TPSA) is 85.9 Å². The molecule has 0 aliphatic carbocycles. The number of hydrogen-bond donors (Lipinski definition) is 2. The van der Waals surface area contributed by atoms with E-state index in [1.807, 2.05) is 0 Å². The van der Waals surface area contributed by atoms with Crippen LogP contribution in [0.4, 0.5) is 0 Å². The first-order valence-electron chi connectivity index (χ1n) is 6.64. The van der Waals surface area contributed by atoms with Gasteiger partial charge in [-0.2, -0.15) is 0 Å². The molecule has 9 heteroatoms. The van der Waals surface area contributed by atoms with Gasteiger partial charge in [0.25, 0.3) is 11.8 Å². The molecule has 0 unspecified atom stereocenters. The van der Waals surface area contributed by atoms with E-state index in [2.05, 4.69) is 26.8 Å². The number of carbonyl (C=O) groups is 2. The fourth-order valence-electron chi connectivity index (χ4n) is 1.90. The molecule has 0 radical (unpaired) electrons. The molecule has 0 saturated carbocycles. The van der Waals surface area contributed by atoms with Gasteiger partial charge >= 0.3 is 0 Å². The van der Waals surface area contributed by atoms with Crippen molar-refractivity contribution in [3.8, 4) is 17.2 Å². The molecule has 0 bridgehead atoms. The van der Waals surface area contributed by atoms with Gasteiger partial charge in [-0.05, 0) is 34.1 Å². The largest absolute Gasteiger partial charge is 0.493 e. The lowest BCUT2D eigenvalue weighted by Crippen LogP contribution is -2.41. The van der Waals surface area contributed by atoms with Crippen molar-refractivity contribution < 1.29 is 23.8 Å². The second kappa shape index (κ2) is 8.02. The van der Waals surface area contributed by atoms with E-state index in [0.717, 1.165) is 3.79 Å². The van der Waals surface area contributed by atoms with E-state index in [0.29, 0.717) is 22.8 Å². The van der Waals surface area contributed by atoms with Crippen LogP contribution in [0.3, 0.4) is 0 Å². The van der Waals surface area contributed by atoms with Crippen molar-refractivity contribution in [2.45, 2.75) is 0 Å². The van der Waals surface area contributed by atoms with Gasteiger partial charge < -0.3 is 14.2 Å². The second-order valence-corrected chi connectivity index (χ2v) is 6.75. The normalized spacial score (nSPS) is 10.0. The van der Waals surface area contributed by atoms with Crippen LogP contribution in [0.2, 0.25) is 0 Å². The Morgan fingerprint density at radius 1 is 0.917 bits per heavy atom. The van der Waals surface area contributed by atoms with Crippen LogP contribution in [0.15, 0.2) is 27.4 Å². The van der Waals surface area contributed by atoms with Gasteiger partial charge in [-0.1, -0.05) is 0 Å². The minimum Gasteiger partial charge on any atom is -0.493 e. The Morgan fingerprint density at radius 3 is 1.88 bits per heavy atom. The summed E-state index contributed by atoms with van der Waals surface area (Å²) in [5.74, 6) is 0.128. The van der Waals surface area contributed by atoms with E-state index in [1.54, 1.807) is 11.4 Å². The molecule has 2 rings (SSSR count). The molecule has 128 valence electrons. The summed E-state index contributed by atoms with van der Waals surface area (Å²) in [4.78, 5) is 24.2. The summed E-state index contributed by atoms with van der Waals surface area (Å²) in [5, 5.41) is 1.67. The van der Waals surface area contributed by atoms with E-state index in [4.69, 9.17) is 14.2 Å². The highest BCUT2D eigenvalue weighted by atomic mass is 79.9. The number of methoxy groups -OCH3 is 3. The van der Waals surface area contributed by atoms with Gasteiger partial charge in [0.15, 0.2) is 11.5 Å². The first-order valence-corrected chi connectivity index (χ1v) is 8.32. The maximum atomic E-state index is 12.2. The molecule has 24 heavy (non-hydrogen) atoms. The van der Waals surface area contributed by atoms with Crippen LogP contribution in [0, 0.1) is 0 Å². The molecule has 0 atom stereocenters. The average Bonchev–Trinajstić information content (AvgIpc) is 3.04. The fourth-order valence-corrected chi connectivity index (χ4v) is 3.04. The molecule has 1 aromatic heterocycles. The number of hydrazine groups is 1. The standard InChI is InChI=1S/C15H15BrN2O5S/c1-21-10-4-8(5-11(22-2)13(10)23-3)14(19)17-18-15(20)9-6-12(16)24-7-9/h4-7H,1-3H3,(H,17,19)(H,18,20). The van der Waals surface area contributed by atoms with Crippen LogP contribution in [-0.2, 0) is 0 Å². The van der Waals surface area contributed by atoms with Crippen molar-refractivity contribution in [2.75, 3.05) is 21.3 Å². The quantitative estimate of drug-likeness (QED) is 0.734. The molecular formula is C15H15BrN2O5S. The van der Waals surface area contributed by atoms with Crippen LogP contribution in [0.25, 0.3) is 0 Å². The monoisotopic (exact) mass is 414 g/mol. The number of nitrogens with one attached hydrogen (secondary N) is 2. The first kappa shape index (κ1) is 18.1. The zero-order valence-electron chi connectivity index (χ0n) is 13.1. The Labute approximate surface area is 151 Å². The van der Waals surface area contributed by atoms with Gasteiger partial charge in [0.05, 0.1) is 30.7 Å². The highest BCUT2D eigenvalue weighted by Gasteiger charge is 2.17. The maximum absolute atomic E-state index is 12.2. The highest BCUT2D eigenvalue weighted by Crippen LogP contribution is 2.38. The summed E-state index contributed by atoms with van der Waals surface area (Å²) in [7, 11) is 4.38. The summed E-state index contributed by atoms with van der Waals surface area (Å²) in [6.07, 6.45) is 0. The number of halogens is 1. The zero-order chi connectivity index (χ0) is 17.7. The van der Waals surface area contributed by atoms with Gasteiger partial charge in [-0.15, -0.1) is 11.3 Å². The van der Waals surface area contributed by atoms with E-state index in [-0.39, 0.29) is 5.56 Å². The molecule has 0 fully saturated rings. The van der Waals surface area contributed by atoms with Gasteiger partial charge in [0.2, 0.25) is 5.75 Å². The third-order valence-electron chi connectivity index (χ3n) is 3.05. The molecule has 2 N–H and O–H groups in total. The molecule has 2 amide bonds. The lowest BCUT2D eigenvalue weighted by molar-refractivity contribution is 0.0846. The zero-order valence-corrected chi connectivity index (χ0v) is 15.5. The summed E-state index contributed by atoms with van der Waals surface area (Å²) < 4.78 is 16.4. The van der Waals surface area contributed by atoms with Crippen LogP contribution in [-0.4, -0.2) is 33.1 Å². The Balaban J connectivity index is 2.13. The summed E-state index contributed by atoms with van der Waals surface area (Å²) >= 11 is 4.65. The molecular weight excluding hydrogens is 400 g/mol.